The predicted octanol–water partition coefficient (Wildman–Crippen LogP) is 1.68. The van der Waals surface area contributed by atoms with Crippen LogP contribution in [0, 0.1) is 6.92 Å². The van der Waals surface area contributed by atoms with Crippen LogP contribution in [0.2, 0.25) is 0 Å². The van der Waals surface area contributed by atoms with E-state index in [0.717, 1.165) is 6.54 Å². The highest BCUT2D eigenvalue weighted by Crippen LogP contribution is 2.04. The molecule has 0 N–H and O–H groups in total. The Hall–Kier alpha value is -0.790. The molecule has 0 fully saturated rings. The van der Waals surface area contributed by atoms with E-state index < -0.39 is 0 Å². The van der Waals surface area contributed by atoms with Gasteiger partial charge in [-0.25, -0.2) is 9.13 Å². The third kappa shape index (κ3) is 1.44. The molecule has 0 saturated carbocycles. The third-order valence-electron chi connectivity index (χ3n) is 2.09. The molecule has 2 heteroatoms. The van der Waals surface area contributed by atoms with E-state index in [1.807, 2.05) is 0 Å². The van der Waals surface area contributed by atoms with Crippen LogP contribution < -0.4 is 4.57 Å². The van der Waals surface area contributed by atoms with Crippen molar-refractivity contribution in [3.05, 3.63) is 18.2 Å². The molecule has 0 aromatic carbocycles. The first kappa shape index (κ1) is 8.31. The Bertz CT molecular complexity index is 236. The second-order valence-electron chi connectivity index (χ2n) is 3.13. The summed E-state index contributed by atoms with van der Waals surface area (Å²) in [6.45, 7) is 9.78. The zero-order valence-corrected chi connectivity index (χ0v) is 7.83. The van der Waals surface area contributed by atoms with Crippen LogP contribution in [0.5, 0.6) is 0 Å². The number of imidazole rings is 1. The molecular formula is C9H17N2+. The van der Waals surface area contributed by atoms with Crippen molar-refractivity contribution in [1.29, 1.82) is 0 Å². The molecule has 1 aromatic heterocycles. The Kier molecular flexibility index (Phi) is 2.32. The topological polar surface area (TPSA) is 8.81 Å². The first-order valence-corrected chi connectivity index (χ1v) is 4.23. The van der Waals surface area contributed by atoms with Crippen LogP contribution in [0.4, 0.5) is 0 Å². The molecule has 0 unspecified atom stereocenters. The molecule has 0 radical (unpaired) electrons. The van der Waals surface area contributed by atoms with Gasteiger partial charge in [-0.05, 0) is 20.8 Å². The van der Waals surface area contributed by atoms with Crippen LogP contribution in [-0.4, -0.2) is 4.57 Å². The van der Waals surface area contributed by atoms with E-state index in [1.54, 1.807) is 0 Å². The van der Waals surface area contributed by atoms with E-state index in [1.165, 1.54) is 5.82 Å². The summed E-state index contributed by atoms with van der Waals surface area (Å²) < 4.78 is 4.53. The maximum absolute atomic E-state index is 2.28. The summed E-state index contributed by atoms with van der Waals surface area (Å²) >= 11 is 0. The normalized spacial score (nSPS) is 11.0. The second-order valence-corrected chi connectivity index (χ2v) is 3.13. The standard InChI is InChI=1S/C9H17N2/c1-5-10-6-7-11(8(2)3)9(10)4/h6-8H,5H2,1-4H3/q+1. The van der Waals surface area contributed by atoms with Gasteiger partial charge in [-0.1, -0.05) is 0 Å². The molecule has 62 valence electrons. The zero-order valence-electron chi connectivity index (χ0n) is 7.83. The summed E-state index contributed by atoms with van der Waals surface area (Å²) in [7, 11) is 0. The molecule has 1 heterocycles. The molecule has 0 aliphatic heterocycles. The minimum absolute atomic E-state index is 0.572. The first-order valence-electron chi connectivity index (χ1n) is 4.23. The molecule has 0 bridgehead atoms. The van der Waals surface area contributed by atoms with Crippen molar-refractivity contribution in [1.82, 2.24) is 4.57 Å². The van der Waals surface area contributed by atoms with Gasteiger partial charge in [0.15, 0.2) is 0 Å². The van der Waals surface area contributed by atoms with Crippen molar-refractivity contribution in [3.8, 4) is 0 Å². The lowest BCUT2D eigenvalue weighted by atomic mass is 10.4. The van der Waals surface area contributed by atoms with Gasteiger partial charge in [-0.2, -0.15) is 0 Å². The summed E-state index contributed by atoms with van der Waals surface area (Å²) in [5.74, 6) is 1.34. The molecule has 2 nitrogen and oxygen atoms in total. The molecule has 0 aliphatic carbocycles. The van der Waals surface area contributed by atoms with Crippen LogP contribution in [0.1, 0.15) is 32.6 Å². The third-order valence-corrected chi connectivity index (χ3v) is 2.09. The van der Waals surface area contributed by atoms with Crippen LogP contribution in [-0.2, 0) is 6.54 Å². The van der Waals surface area contributed by atoms with Crippen molar-refractivity contribution < 1.29 is 4.57 Å². The Morgan fingerprint density at radius 3 is 2.45 bits per heavy atom. The lowest BCUT2D eigenvalue weighted by Crippen LogP contribution is -2.34. The fraction of sp³-hybridized carbons (Fsp3) is 0.667. The predicted molar refractivity (Wildman–Crippen MR) is 45.4 cm³/mol. The lowest BCUT2D eigenvalue weighted by Gasteiger charge is -2.01. The summed E-state index contributed by atoms with van der Waals surface area (Å²) in [6, 6.07) is 0.572. The monoisotopic (exact) mass is 153 g/mol. The van der Waals surface area contributed by atoms with Gasteiger partial charge in [0, 0.05) is 6.92 Å². The van der Waals surface area contributed by atoms with Gasteiger partial charge in [0.2, 0.25) is 0 Å². The van der Waals surface area contributed by atoms with Gasteiger partial charge >= 0.3 is 0 Å². The van der Waals surface area contributed by atoms with E-state index in [4.69, 9.17) is 0 Å². The van der Waals surface area contributed by atoms with Crippen molar-refractivity contribution in [2.24, 2.45) is 0 Å². The van der Waals surface area contributed by atoms with Gasteiger partial charge in [0.25, 0.3) is 5.82 Å². The summed E-state index contributed by atoms with van der Waals surface area (Å²) in [5.41, 5.74) is 0. The summed E-state index contributed by atoms with van der Waals surface area (Å²) in [6.07, 6.45) is 4.28. The fourth-order valence-electron chi connectivity index (χ4n) is 1.40. The Labute approximate surface area is 68.5 Å². The van der Waals surface area contributed by atoms with Crippen LogP contribution >= 0.6 is 0 Å². The van der Waals surface area contributed by atoms with Crippen LogP contribution in [0.15, 0.2) is 12.4 Å². The van der Waals surface area contributed by atoms with E-state index in [-0.39, 0.29) is 0 Å². The number of nitrogens with zero attached hydrogens (tertiary/aromatic N) is 2. The first-order chi connectivity index (χ1) is 5.16. The maximum Gasteiger partial charge on any atom is 0.253 e. The highest BCUT2D eigenvalue weighted by molar-refractivity contribution is 4.82. The van der Waals surface area contributed by atoms with E-state index >= 15 is 0 Å². The molecule has 0 amide bonds. The molecule has 11 heavy (non-hydrogen) atoms. The average molecular weight is 153 g/mol. The van der Waals surface area contributed by atoms with Crippen LogP contribution in [0.3, 0.4) is 0 Å². The van der Waals surface area contributed by atoms with E-state index in [9.17, 15) is 0 Å². The van der Waals surface area contributed by atoms with Gasteiger partial charge in [0.05, 0.1) is 12.6 Å². The highest BCUT2D eigenvalue weighted by Gasteiger charge is 2.12. The fourth-order valence-corrected chi connectivity index (χ4v) is 1.40. The van der Waals surface area contributed by atoms with Crippen molar-refractivity contribution in [3.63, 3.8) is 0 Å². The molecule has 0 atom stereocenters. The number of rotatable bonds is 2. The molecular weight excluding hydrogens is 136 g/mol. The average Bonchev–Trinajstić information content (AvgIpc) is 2.30. The maximum atomic E-state index is 2.28. The van der Waals surface area contributed by atoms with Gasteiger partial charge in [-0.3, -0.25) is 0 Å². The van der Waals surface area contributed by atoms with Gasteiger partial charge in [0.1, 0.15) is 12.4 Å². The molecule has 0 spiro atoms. The quantitative estimate of drug-likeness (QED) is 0.572. The number of hydrogen-bond acceptors (Lipinski definition) is 0. The largest absolute Gasteiger partial charge is 0.253 e. The SMILES string of the molecule is CC[n+]1ccn(C(C)C)c1C. The summed E-state index contributed by atoms with van der Waals surface area (Å²) in [4.78, 5) is 0. The Balaban J connectivity index is 3.00. The van der Waals surface area contributed by atoms with Crippen molar-refractivity contribution >= 4 is 0 Å². The Morgan fingerprint density at radius 1 is 1.55 bits per heavy atom. The van der Waals surface area contributed by atoms with Gasteiger partial charge in [-0.15, -0.1) is 0 Å². The molecule has 0 saturated heterocycles. The molecule has 1 rings (SSSR count). The number of aromatic nitrogens is 2. The number of hydrogen-bond donors (Lipinski definition) is 0. The number of aryl methyl sites for hydroxylation is 1. The van der Waals surface area contributed by atoms with Crippen LogP contribution in [0.25, 0.3) is 0 Å². The smallest absolute Gasteiger partial charge is 0.235 e. The second kappa shape index (κ2) is 3.07. The van der Waals surface area contributed by atoms with Crippen molar-refractivity contribution in [2.45, 2.75) is 40.3 Å². The summed E-state index contributed by atoms with van der Waals surface area (Å²) in [5, 5.41) is 0. The van der Waals surface area contributed by atoms with E-state index in [2.05, 4.69) is 49.2 Å². The highest BCUT2D eigenvalue weighted by atomic mass is 15.2. The lowest BCUT2D eigenvalue weighted by molar-refractivity contribution is -0.699. The van der Waals surface area contributed by atoms with Gasteiger partial charge < -0.3 is 0 Å². The molecule has 1 aromatic rings. The Morgan fingerprint density at radius 2 is 2.18 bits per heavy atom. The van der Waals surface area contributed by atoms with Crippen molar-refractivity contribution in [2.75, 3.05) is 0 Å². The zero-order chi connectivity index (χ0) is 8.43. The minimum Gasteiger partial charge on any atom is -0.235 e. The van der Waals surface area contributed by atoms with E-state index in [0.29, 0.717) is 6.04 Å². The molecule has 0 aliphatic rings. The minimum atomic E-state index is 0.572.